The second kappa shape index (κ2) is 3.04. The van der Waals surface area contributed by atoms with Crippen LogP contribution in [-0.4, -0.2) is 22.5 Å². The van der Waals surface area contributed by atoms with Crippen LogP contribution >= 0.6 is 22.6 Å². The van der Waals surface area contributed by atoms with Crippen LogP contribution in [0.4, 0.5) is 0 Å². The first-order chi connectivity index (χ1) is 4.60. The second-order valence-corrected chi connectivity index (χ2v) is 5.03. The first-order valence-electron chi connectivity index (χ1n) is 3.31. The number of alkyl halides is 1. The van der Waals surface area contributed by atoms with E-state index in [1.807, 2.05) is 0 Å². The van der Waals surface area contributed by atoms with Crippen LogP contribution in [0.15, 0.2) is 0 Å². The van der Waals surface area contributed by atoms with Crippen molar-refractivity contribution in [2.45, 2.75) is 16.9 Å². The van der Waals surface area contributed by atoms with E-state index in [4.69, 9.17) is 0 Å². The van der Waals surface area contributed by atoms with E-state index in [1.165, 1.54) is 0 Å². The van der Waals surface area contributed by atoms with Gasteiger partial charge in [0.2, 0.25) is 5.91 Å². The van der Waals surface area contributed by atoms with Gasteiger partial charge in [0.05, 0.1) is 10.1 Å². The second-order valence-electron chi connectivity index (χ2n) is 2.65. The highest BCUT2D eigenvalue weighted by Gasteiger charge is 2.22. The molecule has 2 N–H and O–H groups in total. The fourth-order valence-corrected chi connectivity index (χ4v) is 1.31. The van der Waals surface area contributed by atoms with Crippen LogP contribution in [0.1, 0.15) is 13.3 Å². The summed E-state index contributed by atoms with van der Waals surface area (Å²) in [5.41, 5.74) is 0. The van der Waals surface area contributed by atoms with Crippen molar-refractivity contribution in [2.75, 3.05) is 13.1 Å². The molecule has 1 amide bonds. The Morgan fingerprint density at radius 2 is 2.40 bits per heavy atom. The number of nitrogens with one attached hydrogen (secondary N) is 2. The maximum Gasteiger partial charge on any atom is 0.233 e. The van der Waals surface area contributed by atoms with Crippen LogP contribution in [0.5, 0.6) is 0 Å². The summed E-state index contributed by atoms with van der Waals surface area (Å²) in [7, 11) is 0. The van der Waals surface area contributed by atoms with Crippen LogP contribution in [-0.2, 0) is 4.79 Å². The van der Waals surface area contributed by atoms with Gasteiger partial charge in [-0.2, -0.15) is 0 Å². The molecule has 1 aliphatic heterocycles. The van der Waals surface area contributed by atoms with Crippen molar-refractivity contribution in [1.82, 2.24) is 10.6 Å². The summed E-state index contributed by atoms with van der Waals surface area (Å²) < 4.78 is 0.0803. The molecular weight excluding hydrogens is 243 g/mol. The van der Waals surface area contributed by atoms with Gasteiger partial charge >= 0.3 is 0 Å². The van der Waals surface area contributed by atoms with Gasteiger partial charge in [-0.05, 0) is 13.3 Å². The molecule has 0 saturated carbocycles. The zero-order chi connectivity index (χ0) is 7.61. The molecule has 1 heterocycles. The van der Waals surface area contributed by atoms with Crippen molar-refractivity contribution in [3.8, 4) is 0 Å². The lowest BCUT2D eigenvalue weighted by atomic mass is 10.2. The normalized spacial score (nSPS) is 34.8. The number of hydrogen-bond acceptors (Lipinski definition) is 2. The molecule has 1 atom stereocenters. The van der Waals surface area contributed by atoms with Gasteiger partial charge in [0.15, 0.2) is 0 Å². The number of hydrogen-bond donors (Lipinski definition) is 2. The molecule has 1 aliphatic rings. The minimum absolute atomic E-state index is 0.0803. The molecule has 1 saturated heterocycles. The Labute approximate surface area is 74.1 Å². The highest BCUT2D eigenvalue weighted by molar-refractivity contribution is 14.1. The Balaban J connectivity index is 2.48. The fraction of sp³-hybridized carbons (Fsp3) is 0.833. The van der Waals surface area contributed by atoms with Crippen LogP contribution in [0.3, 0.4) is 0 Å². The van der Waals surface area contributed by atoms with Crippen LogP contribution in [0.25, 0.3) is 0 Å². The Morgan fingerprint density at radius 3 is 3.10 bits per heavy atom. The largest absolute Gasteiger partial charge is 0.355 e. The van der Waals surface area contributed by atoms with E-state index in [-0.39, 0.29) is 9.45 Å². The predicted molar refractivity (Wildman–Crippen MR) is 48.1 cm³/mol. The van der Waals surface area contributed by atoms with Crippen LogP contribution < -0.4 is 10.6 Å². The Morgan fingerprint density at radius 1 is 1.70 bits per heavy atom. The SMILES string of the molecule is C[C@]1(I)CCNC(=O)CN1. The molecule has 0 unspecified atom stereocenters. The molecule has 0 aromatic heterocycles. The smallest absolute Gasteiger partial charge is 0.233 e. The van der Waals surface area contributed by atoms with E-state index < -0.39 is 0 Å². The summed E-state index contributed by atoms with van der Waals surface area (Å²) in [6.07, 6.45) is 0.985. The van der Waals surface area contributed by atoms with Gasteiger partial charge in [-0.1, -0.05) is 22.6 Å². The third kappa shape index (κ3) is 2.42. The Hall–Kier alpha value is 0.160. The summed E-state index contributed by atoms with van der Waals surface area (Å²) in [5.74, 6) is 0.0976. The minimum atomic E-state index is 0.0803. The Bertz CT molecular complexity index is 147. The summed E-state index contributed by atoms with van der Waals surface area (Å²) in [6.45, 7) is 3.32. The monoisotopic (exact) mass is 254 g/mol. The Kier molecular flexibility index (Phi) is 2.51. The third-order valence-electron chi connectivity index (χ3n) is 1.53. The van der Waals surface area contributed by atoms with Gasteiger partial charge in [-0.25, -0.2) is 0 Å². The van der Waals surface area contributed by atoms with Crippen LogP contribution in [0.2, 0.25) is 0 Å². The average molecular weight is 254 g/mol. The lowest BCUT2D eigenvalue weighted by molar-refractivity contribution is -0.119. The molecule has 10 heavy (non-hydrogen) atoms. The first-order valence-corrected chi connectivity index (χ1v) is 4.39. The van der Waals surface area contributed by atoms with Crippen molar-refractivity contribution >= 4 is 28.5 Å². The molecule has 1 fully saturated rings. The predicted octanol–water partition coefficient (Wildman–Crippen LogP) is 0.247. The van der Waals surface area contributed by atoms with E-state index in [1.54, 1.807) is 0 Å². The van der Waals surface area contributed by atoms with Crippen molar-refractivity contribution < 1.29 is 4.79 Å². The van der Waals surface area contributed by atoms with E-state index in [0.717, 1.165) is 13.0 Å². The first kappa shape index (κ1) is 8.26. The molecule has 1 rings (SSSR count). The van der Waals surface area contributed by atoms with Crippen molar-refractivity contribution in [3.05, 3.63) is 0 Å². The zero-order valence-corrected chi connectivity index (χ0v) is 8.07. The molecule has 0 spiro atoms. The van der Waals surface area contributed by atoms with Gasteiger partial charge in [-0.15, -0.1) is 0 Å². The average Bonchev–Trinajstić information content (AvgIpc) is 1.94. The number of carbonyl (C=O) groups is 1. The summed E-state index contributed by atoms with van der Waals surface area (Å²) in [4.78, 5) is 10.8. The van der Waals surface area contributed by atoms with Crippen molar-refractivity contribution in [1.29, 1.82) is 0 Å². The molecular formula is C6H11IN2O. The van der Waals surface area contributed by atoms with Crippen LogP contribution in [0, 0.1) is 0 Å². The molecule has 0 aromatic carbocycles. The number of rotatable bonds is 0. The third-order valence-corrected chi connectivity index (χ3v) is 2.45. The maximum absolute atomic E-state index is 10.8. The lowest BCUT2D eigenvalue weighted by Crippen LogP contribution is -2.37. The highest BCUT2D eigenvalue weighted by atomic mass is 127. The van der Waals surface area contributed by atoms with E-state index in [9.17, 15) is 4.79 Å². The van der Waals surface area contributed by atoms with Crippen molar-refractivity contribution in [2.24, 2.45) is 0 Å². The van der Waals surface area contributed by atoms with Gasteiger partial charge in [-0.3, -0.25) is 10.1 Å². The lowest BCUT2D eigenvalue weighted by Gasteiger charge is -2.19. The van der Waals surface area contributed by atoms with Gasteiger partial charge in [0.25, 0.3) is 0 Å². The molecule has 0 aliphatic carbocycles. The number of halogens is 1. The molecule has 58 valence electrons. The molecule has 4 heteroatoms. The minimum Gasteiger partial charge on any atom is -0.355 e. The number of amides is 1. The van der Waals surface area contributed by atoms with E-state index in [0.29, 0.717) is 6.54 Å². The topological polar surface area (TPSA) is 41.1 Å². The summed E-state index contributed by atoms with van der Waals surface area (Å²) >= 11 is 2.32. The standard InChI is InChI=1S/C6H11IN2O/c1-6(7)2-3-8-5(10)4-9-6/h9H,2-4H2,1H3,(H,8,10)/t6-/m1/s1. The quantitative estimate of drug-likeness (QED) is 0.369. The zero-order valence-electron chi connectivity index (χ0n) is 5.91. The van der Waals surface area contributed by atoms with Gasteiger partial charge in [0, 0.05) is 6.54 Å². The van der Waals surface area contributed by atoms with Gasteiger partial charge < -0.3 is 5.32 Å². The molecule has 3 nitrogen and oxygen atoms in total. The fourth-order valence-electron chi connectivity index (χ4n) is 0.852. The maximum atomic E-state index is 10.8. The van der Waals surface area contributed by atoms with E-state index in [2.05, 4.69) is 40.1 Å². The molecule has 0 radical (unpaired) electrons. The number of carbonyl (C=O) groups excluding carboxylic acids is 1. The van der Waals surface area contributed by atoms with Gasteiger partial charge in [0.1, 0.15) is 0 Å². The molecule has 0 aromatic rings. The van der Waals surface area contributed by atoms with E-state index >= 15 is 0 Å². The summed E-state index contributed by atoms with van der Waals surface area (Å²) in [6, 6.07) is 0. The van der Waals surface area contributed by atoms with Crippen molar-refractivity contribution in [3.63, 3.8) is 0 Å². The summed E-state index contributed by atoms with van der Waals surface area (Å²) in [5, 5.41) is 5.94. The molecule has 0 bridgehead atoms. The highest BCUT2D eigenvalue weighted by Crippen LogP contribution is 2.18.